The summed E-state index contributed by atoms with van der Waals surface area (Å²) in [6.07, 6.45) is 0.206. The monoisotopic (exact) mass is 377 g/mol. The fourth-order valence-corrected chi connectivity index (χ4v) is 2.09. The van der Waals surface area contributed by atoms with Gasteiger partial charge < -0.3 is 14.8 Å². The molecular formula is C17H16BrNO4. The minimum Gasteiger partial charge on any atom is -0.484 e. The van der Waals surface area contributed by atoms with Gasteiger partial charge in [0.1, 0.15) is 5.75 Å². The maximum atomic E-state index is 11.8. The number of benzene rings is 2. The number of rotatable bonds is 6. The fraction of sp³-hybridized carbons (Fsp3) is 0.176. The summed E-state index contributed by atoms with van der Waals surface area (Å²) in [6.45, 7) is -0.0778. The van der Waals surface area contributed by atoms with Crippen LogP contribution in [0.4, 0.5) is 5.69 Å². The maximum absolute atomic E-state index is 11.8. The summed E-state index contributed by atoms with van der Waals surface area (Å²) in [5.41, 5.74) is 1.46. The van der Waals surface area contributed by atoms with Gasteiger partial charge in [-0.1, -0.05) is 28.1 Å². The molecule has 1 amide bonds. The van der Waals surface area contributed by atoms with Crippen LogP contribution in [0.15, 0.2) is 53.0 Å². The van der Waals surface area contributed by atoms with Crippen LogP contribution in [0.25, 0.3) is 0 Å². The third kappa shape index (κ3) is 5.75. The highest BCUT2D eigenvalue weighted by Gasteiger charge is 2.06. The Morgan fingerprint density at radius 3 is 2.30 bits per heavy atom. The Bertz CT molecular complexity index is 668. The van der Waals surface area contributed by atoms with Crippen LogP contribution >= 0.6 is 15.9 Å². The van der Waals surface area contributed by atoms with Crippen LogP contribution in [0.5, 0.6) is 5.75 Å². The molecule has 0 aromatic heterocycles. The van der Waals surface area contributed by atoms with Crippen molar-refractivity contribution in [2.24, 2.45) is 0 Å². The predicted molar refractivity (Wildman–Crippen MR) is 90.4 cm³/mol. The highest BCUT2D eigenvalue weighted by molar-refractivity contribution is 9.10. The highest BCUT2D eigenvalue weighted by Crippen LogP contribution is 2.16. The molecule has 120 valence electrons. The fourth-order valence-electron chi connectivity index (χ4n) is 1.82. The molecule has 6 heteroatoms. The van der Waals surface area contributed by atoms with E-state index in [9.17, 15) is 9.59 Å². The number of methoxy groups -OCH3 is 1. The smallest absolute Gasteiger partial charge is 0.309 e. The summed E-state index contributed by atoms with van der Waals surface area (Å²) in [5, 5.41) is 2.73. The largest absolute Gasteiger partial charge is 0.484 e. The van der Waals surface area contributed by atoms with E-state index in [4.69, 9.17) is 4.74 Å². The van der Waals surface area contributed by atoms with E-state index in [1.54, 1.807) is 36.4 Å². The maximum Gasteiger partial charge on any atom is 0.309 e. The van der Waals surface area contributed by atoms with Gasteiger partial charge in [-0.25, -0.2) is 0 Å². The van der Waals surface area contributed by atoms with E-state index in [-0.39, 0.29) is 24.9 Å². The number of hydrogen-bond acceptors (Lipinski definition) is 4. The Labute approximate surface area is 142 Å². The van der Waals surface area contributed by atoms with Crippen molar-refractivity contribution < 1.29 is 19.1 Å². The third-order valence-corrected chi connectivity index (χ3v) is 3.53. The zero-order valence-corrected chi connectivity index (χ0v) is 14.1. The number of carbonyl (C=O) groups is 2. The molecule has 0 bridgehead atoms. The Morgan fingerprint density at radius 1 is 1.04 bits per heavy atom. The van der Waals surface area contributed by atoms with Crippen molar-refractivity contribution in [3.63, 3.8) is 0 Å². The predicted octanol–water partition coefficient (Wildman–Crippen LogP) is 3.18. The number of carbonyl (C=O) groups excluding carboxylic acids is 2. The second kappa shape index (κ2) is 8.33. The van der Waals surface area contributed by atoms with Gasteiger partial charge in [0, 0.05) is 10.2 Å². The van der Waals surface area contributed by atoms with Gasteiger partial charge >= 0.3 is 5.97 Å². The average Bonchev–Trinajstić information content (AvgIpc) is 2.56. The number of anilines is 1. The molecule has 0 atom stereocenters. The Morgan fingerprint density at radius 2 is 1.70 bits per heavy atom. The molecule has 1 N–H and O–H groups in total. The number of esters is 1. The van der Waals surface area contributed by atoms with E-state index in [0.717, 1.165) is 10.0 Å². The molecule has 0 saturated heterocycles. The van der Waals surface area contributed by atoms with Gasteiger partial charge in [-0.2, -0.15) is 0 Å². The molecular weight excluding hydrogens is 362 g/mol. The van der Waals surface area contributed by atoms with Crippen LogP contribution in [0.2, 0.25) is 0 Å². The summed E-state index contributed by atoms with van der Waals surface area (Å²) in [4.78, 5) is 23.0. The normalized spacial score (nSPS) is 10.0. The Hall–Kier alpha value is -2.34. The molecule has 0 saturated carbocycles. The highest BCUT2D eigenvalue weighted by atomic mass is 79.9. The third-order valence-electron chi connectivity index (χ3n) is 3.00. The van der Waals surface area contributed by atoms with E-state index in [2.05, 4.69) is 26.0 Å². The number of ether oxygens (including phenoxy) is 2. The van der Waals surface area contributed by atoms with Crippen molar-refractivity contribution >= 4 is 33.5 Å². The lowest BCUT2D eigenvalue weighted by Gasteiger charge is -2.08. The van der Waals surface area contributed by atoms with Crippen LogP contribution in [0.1, 0.15) is 5.56 Å². The molecule has 0 radical (unpaired) electrons. The number of nitrogens with one attached hydrogen (secondary N) is 1. The average molecular weight is 378 g/mol. The van der Waals surface area contributed by atoms with Crippen molar-refractivity contribution in [1.82, 2.24) is 0 Å². The first-order chi connectivity index (χ1) is 11.1. The second-order valence-electron chi connectivity index (χ2n) is 4.74. The molecule has 2 rings (SSSR count). The number of halogens is 1. The van der Waals surface area contributed by atoms with E-state index in [0.29, 0.717) is 11.4 Å². The summed E-state index contributed by atoms with van der Waals surface area (Å²) in [5.74, 6) is 0.0649. The van der Waals surface area contributed by atoms with Gasteiger partial charge in [-0.15, -0.1) is 0 Å². The SMILES string of the molecule is COC(=O)Cc1ccc(NC(=O)COc2ccc(Br)cc2)cc1. The lowest BCUT2D eigenvalue weighted by Crippen LogP contribution is -2.20. The van der Waals surface area contributed by atoms with E-state index >= 15 is 0 Å². The zero-order chi connectivity index (χ0) is 16.7. The molecule has 0 aliphatic carbocycles. The van der Waals surface area contributed by atoms with Crippen molar-refractivity contribution in [3.05, 3.63) is 58.6 Å². The molecule has 5 nitrogen and oxygen atoms in total. The van der Waals surface area contributed by atoms with Gasteiger partial charge in [0.2, 0.25) is 0 Å². The molecule has 0 aliphatic rings. The molecule has 0 unspecified atom stereocenters. The summed E-state index contributed by atoms with van der Waals surface area (Å²) in [7, 11) is 1.35. The van der Waals surface area contributed by atoms with Crippen molar-refractivity contribution in [3.8, 4) is 5.75 Å². The van der Waals surface area contributed by atoms with Crippen LogP contribution in [-0.2, 0) is 20.7 Å². The van der Waals surface area contributed by atoms with Gasteiger partial charge in [-0.05, 0) is 42.0 Å². The Kier molecular flexibility index (Phi) is 6.17. The molecule has 0 aliphatic heterocycles. The number of hydrogen-bond donors (Lipinski definition) is 1. The molecule has 0 spiro atoms. The van der Waals surface area contributed by atoms with Crippen LogP contribution in [0, 0.1) is 0 Å². The molecule has 2 aromatic carbocycles. The lowest BCUT2D eigenvalue weighted by atomic mass is 10.1. The number of amides is 1. The molecule has 0 fully saturated rings. The molecule has 0 heterocycles. The first kappa shape index (κ1) is 17.0. The van der Waals surface area contributed by atoms with Crippen LogP contribution in [0.3, 0.4) is 0 Å². The van der Waals surface area contributed by atoms with Gasteiger partial charge in [-0.3, -0.25) is 9.59 Å². The minimum atomic E-state index is -0.301. The summed E-state index contributed by atoms with van der Waals surface area (Å²) < 4.78 is 10.9. The minimum absolute atomic E-state index is 0.0778. The first-order valence-electron chi connectivity index (χ1n) is 6.91. The zero-order valence-electron chi connectivity index (χ0n) is 12.5. The first-order valence-corrected chi connectivity index (χ1v) is 7.70. The summed E-state index contributed by atoms with van der Waals surface area (Å²) >= 11 is 3.33. The van der Waals surface area contributed by atoms with E-state index in [1.807, 2.05) is 12.1 Å². The lowest BCUT2D eigenvalue weighted by molar-refractivity contribution is -0.139. The van der Waals surface area contributed by atoms with Crippen LogP contribution < -0.4 is 10.1 Å². The van der Waals surface area contributed by atoms with Crippen molar-refractivity contribution in [1.29, 1.82) is 0 Å². The summed E-state index contributed by atoms with van der Waals surface area (Å²) in [6, 6.07) is 14.2. The topological polar surface area (TPSA) is 64.6 Å². The van der Waals surface area contributed by atoms with E-state index in [1.165, 1.54) is 7.11 Å². The Balaban J connectivity index is 1.82. The van der Waals surface area contributed by atoms with E-state index < -0.39 is 0 Å². The molecule has 2 aromatic rings. The van der Waals surface area contributed by atoms with Gasteiger partial charge in [0.25, 0.3) is 5.91 Å². The second-order valence-corrected chi connectivity index (χ2v) is 5.66. The quantitative estimate of drug-likeness (QED) is 0.785. The van der Waals surface area contributed by atoms with Crippen LogP contribution in [-0.4, -0.2) is 25.6 Å². The van der Waals surface area contributed by atoms with Gasteiger partial charge in [0.15, 0.2) is 6.61 Å². The van der Waals surface area contributed by atoms with Crippen molar-refractivity contribution in [2.45, 2.75) is 6.42 Å². The van der Waals surface area contributed by atoms with Gasteiger partial charge in [0.05, 0.1) is 13.5 Å². The molecule has 23 heavy (non-hydrogen) atoms. The standard InChI is InChI=1S/C17H16BrNO4/c1-22-17(21)10-12-2-6-14(7-3-12)19-16(20)11-23-15-8-4-13(18)5-9-15/h2-9H,10-11H2,1H3,(H,19,20). The van der Waals surface area contributed by atoms with Crippen molar-refractivity contribution in [2.75, 3.05) is 19.0 Å².